The number of ether oxygens (including phenoxy) is 2. The van der Waals surface area contributed by atoms with E-state index in [1.54, 1.807) is 18.9 Å². The van der Waals surface area contributed by atoms with E-state index >= 15 is 0 Å². The molecule has 10 heteroatoms. The fourth-order valence-corrected chi connectivity index (χ4v) is 4.04. The topological polar surface area (TPSA) is 91.3 Å². The second-order valence-electron chi connectivity index (χ2n) is 6.56. The molecule has 1 atom stereocenters. The summed E-state index contributed by atoms with van der Waals surface area (Å²) in [6.45, 7) is 7.99. The molecule has 0 radical (unpaired) electrons. The normalized spacial score (nSPS) is 15.5. The van der Waals surface area contributed by atoms with E-state index in [2.05, 4.69) is 36.8 Å². The van der Waals surface area contributed by atoms with Crippen LogP contribution in [0, 0.1) is 0 Å². The zero-order valence-corrected chi connectivity index (χ0v) is 17.6. The average Bonchev–Trinajstić information content (AvgIpc) is 3.42. The number of benzene rings is 1. The fourth-order valence-electron chi connectivity index (χ4n) is 3.10. The summed E-state index contributed by atoms with van der Waals surface area (Å²) in [7, 11) is 1.64. The van der Waals surface area contributed by atoms with Crippen molar-refractivity contribution < 1.29 is 13.9 Å². The number of methoxy groups -OCH3 is 1. The Morgan fingerprint density at radius 1 is 1.10 bits per heavy atom. The van der Waals surface area contributed by atoms with Crippen molar-refractivity contribution in [3.8, 4) is 17.2 Å². The number of hydrogen-bond acceptors (Lipinski definition) is 9. The van der Waals surface area contributed by atoms with Crippen LogP contribution in [0.4, 0.5) is 5.95 Å². The minimum absolute atomic E-state index is 0.0541. The van der Waals surface area contributed by atoms with E-state index < -0.39 is 0 Å². The van der Waals surface area contributed by atoms with E-state index in [0.717, 1.165) is 42.1 Å². The van der Waals surface area contributed by atoms with Crippen molar-refractivity contribution in [3.63, 3.8) is 0 Å². The monoisotopic (exact) mass is 416 g/mol. The third-order valence-electron chi connectivity index (χ3n) is 4.72. The van der Waals surface area contributed by atoms with Gasteiger partial charge in [-0.05, 0) is 38.1 Å². The van der Waals surface area contributed by atoms with Crippen molar-refractivity contribution in [2.45, 2.75) is 30.8 Å². The molecule has 1 aromatic carbocycles. The van der Waals surface area contributed by atoms with Crippen LogP contribution in [0.3, 0.4) is 0 Å². The van der Waals surface area contributed by atoms with Gasteiger partial charge in [0.25, 0.3) is 0 Å². The molecule has 4 rings (SSSR count). The van der Waals surface area contributed by atoms with Gasteiger partial charge >= 0.3 is 0 Å². The van der Waals surface area contributed by atoms with Gasteiger partial charge in [0.2, 0.25) is 17.7 Å². The largest absolute Gasteiger partial charge is 0.497 e. The zero-order chi connectivity index (χ0) is 20.2. The Morgan fingerprint density at radius 3 is 2.55 bits per heavy atom. The number of nitrogens with zero attached hydrogens (tertiary/aromatic N) is 6. The second kappa shape index (κ2) is 8.83. The molecule has 0 aliphatic carbocycles. The van der Waals surface area contributed by atoms with Gasteiger partial charge in [0.15, 0.2) is 5.16 Å². The highest BCUT2D eigenvalue weighted by atomic mass is 32.2. The fraction of sp³-hybridized carbons (Fsp3) is 0.474. The maximum absolute atomic E-state index is 5.91. The highest BCUT2D eigenvalue weighted by molar-refractivity contribution is 7.99. The standard InChI is InChI=1S/C19H24N6O3S/c1-4-25-18(24-9-11-27-12-10-24)22-23-19(25)29-13(2)16-20-21-17(28-16)14-5-7-15(26-3)8-6-14/h5-8,13H,4,9-12H2,1-3H3/t13-/m1/s1. The van der Waals surface area contributed by atoms with Gasteiger partial charge in [0, 0.05) is 25.2 Å². The predicted molar refractivity (Wildman–Crippen MR) is 109 cm³/mol. The molecular formula is C19H24N6O3S. The van der Waals surface area contributed by atoms with E-state index in [4.69, 9.17) is 13.9 Å². The highest BCUT2D eigenvalue weighted by Crippen LogP contribution is 2.35. The van der Waals surface area contributed by atoms with Gasteiger partial charge < -0.3 is 18.8 Å². The number of thioether (sulfide) groups is 1. The lowest BCUT2D eigenvalue weighted by Crippen LogP contribution is -2.38. The van der Waals surface area contributed by atoms with Crippen LogP contribution in [-0.2, 0) is 11.3 Å². The van der Waals surface area contributed by atoms with Crippen molar-refractivity contribution >= 4 is 17.7 Å². The highest BCUT2D eigenvalue weighted by Gasteiger charge is 2.23. The lowest BCUT2D eigenvalue weighted by molar-refractivity contribution is 0.121. The Morgan fingerprint density at radius 2 is 1.86 bits per heavy atom. The molecular weight excluding hydrogens is 392 g/mol. The van der Waals surface area contributed by atoms with Crippen molar-refractivity contribution in [2.24, 2.45) is 0 Å². The van der Waals surface area contributed by atoms with Crippen LogP contribution in [0.1, 0.15) is 25.0 Å². The van der Waals surface area contributed by atoms with Gasteiger partial charge in [0.1, 0.15) is 5.75 Å². The van der Waals surface area contributed by atoms with Crippen molar-refractivity contribution in [2.75, 3.05) is 38.3 Å². The third kappa shape index (κ3) is 4.23. The smallest absolute Gasteiger partial charge is 0.247 e. The van der Waals surface area contributed by atoms with E-state index in [-0.39, 0.29) is 5.25 Å². The molecule has 3 heterocycles. The molecule has 0 saturated carbocycles. The van der Waals surface area contributed by atoms with Gasteiger partial charge in [-0.3, -0.25) is 4.57 Å². The molecule has 1 saturated heterocycles. The summed E-state index contributed by atoms with van der Waals surface area (Å²) in [5.74, 6) is 2.71. The Kier molecular flexibility index (Phi) is 6.00. The Hall–Kier alpha value is -2.59. The quantitative estimate of drug-likeness (QED) is 0.539. The molecule has 0 bridgehead atoms. The number of anilines is 1. The van der Waals surface area contributed by atoms with Crippen LogP contribution in [-0.4, -0.2) is 58.4 Å². The van der Waals surface area contributed by atoms with Crippen molar-refractivity contribution in [3.05, 3.63) is 30.2 Å². The first-order chi connectivity index (χ1) is 14.2. The van der Waals surface area contributed by atoms with Crippen LogP contribution in [0.25, 0.3) is 11.5 Å². The van der Waals surface area contributed by atoms with E-state index in [0.29, 0.717) is 25.0 Å². The number of morpholine rings is 1. The summed E-state index contributed by atoms with van der Waals surface area (Å²) >= 11 is 1.56. The van der Waals surface area contributed by atoms with E-state index in [1.807, 2.05) is 31.2 Å². The molecule has 0 unspecified atom stereocenters. The van der Waals surface area contributed by atoms with Crippen LogP contribution in [0.2, 0.25) is 0 Å². The summed E-state index contributed by atoms with van der Waals surface area (Å²) < 4.78 is 18.6. The first kappa shape index (κ1) is 19.7. The van der Waals surface area contributed by atoms with Gasteiger partial charge in [-0.2, -0.15) is 0 Å². The van der Waals surface area contributed by atoms with Crippen LogP contribution < -0.4 is 9.64 Å². The summed E-state index contributed by atoms with van der Waals surface area (Å²) in [5.41, 5.74) is 0.855. The Bertz CT molecular complexity index is 936. The summed E-state index contributed by atoms with van der Waals surface area (Å²) in [6, 6.07) is 7.54. The molecule has 9 nitrogen and oxygen atoms in total. The zero-order valence-electron chi connectivity index (χ0n) is 16.7. The van der Waals surface area contributed by atoms with Gasteiger partial charge in [-0.25, -0.2) is 0 Å². The minimum Gasteiger partial charge on any atom is -0.497 e. The predicted octanol–water partition coefficient (Wildman–Crippen LogP) is 3.05. The molecule has 154 valence electrons. The Balaban J connectivity index is 1.48. The average molecular weight is 417 g/mol. The lowest BCUT2D eigenvalue weighted by Gasteiger charge is -2.27. The SMILES string of the molecule is CCn1c(S[C@H](C)c2nnc(-c3ccc(OC)cc3)o2)nnc1N1CCOCC1. The molecule has 1 fully saturated rings. The number of hydrogen-bond donors (Lipinski definition) is 0. The van der Waals surface area contributed by atoms with Crippen LogP contribution in [0.15, 0.2) is 33.8 Å². The molecule has 3 aromatic rings. The molecule has 0 N–H and O–H groups in total. The second-order valence-corrected chi connectivity index (χ2v) is 7.87. The first-order valence-electron chi connectivity index (χ1n) is 9.60. The maximum Gasteiger partial charge on any atom is 0.247 e. The summed E-state index contributed by atoms with van der Waals surface area (Å²) in [5, 5.41) is 18.0. The molecule has 1 aliphatic rings. The molecule has 2 aromatic heterocycles. The number of rotatable bonds is 7. The van der Waals surface area contributed by atoms with Crippen molar-refractivity contribution in [1.82, 2.24) is 25.0 Å². The molecule has 0 spiro atoms. The Labute approximate surface area is 173 Å². The van der Waals surface area contributed by atoms with E-state index in [9.17, 15) is 0 Å². The molecule has 1 aliphatic heterocycles. The van der Waals surface area contributed by atoms with E-state index in [1.165, 1.54) is 0 Å². The number of aromatic nitrogens is 5. The summed E-state index contributed by atoms with van der Waals surface area (Å²) in [6.07, 6.45) is 0. The molecule has 29 heavy (non-hydrogen) atoms. The van der Waals surface area contributed by atoms with Gasteiger partial charge in [0.05, 0.1) is 25.6 Å². The lowest BCUT2D eigenvalue weighted by atomic mass is 10.2. The van der Waals surface area contributed by atoms with Gasteiger partial charge in [-0.15, -0.1) is 20.4 Å². The third-order valence-corrected chi connectivity index (χ3v) is 5.78. The maximum atomic E-state index is 5.91. The first-order valence-corrected chi connectivity index (χ1v) is 10.5. The van der Waals surface area contributed by atoms with Gasteiger partial charge in [-0.1, -0.05) is 11.8 Å². The van der Waals surface area contributed by atoms with Crippen molar-refractivity contribution in [1.29, 1.82) is 0 Å². The minimum atomic E-state index is -0.0541. The summed E-state index contributed by atoms with van der Waals surface area (Å²) in [4.78, 5) is 2.21. The molecule has 0 amide bonds. The van der Waals surface area contributed by atoms with Crippen LogP contribution >= 0.6 is 11.8 Å². The van der Waals surface area contributed by atoms with Crippen LogP contribution in [0.5, 0.6) is 5.75 Å².